The van der Waals surface area contributed by atoms with Gasteiger partial charge in [0.15, 0.2) is 0 Å². The van der Waals surface area contributed by atoms with Gasteiger partial charge in [0.25, 0.3) is 0 Å². The first-order valence-electron chi connectivity index (χ1n) is 5.40. The van der Waals surface area contributed by atoms with Crippen LogP contribution in [0, 0.1) is 28.5 Å². The number of nitrogen functional groups attached to an aromatic ring is 1. The third kappa shape index (κ3) is 2.62. The third-order valence-corrected chi connectivity index (χ3v) is 2.55. The molecule has 0 aromatic heterocycles. The number of nitrogens with two attached hydrogens (primary N) is 1. The highest BCUT2D eigenvalue weighted by Crippen LogP contribution is 2.26. The van der Waals surface area contributed by atoms with Crippen LogP contribution in [0.25, 0.3) is 0 Å². The Morgan fingerprint density at radius 3 is 2.21 bits per heavy atom. The minimum absolute atomic E-state index is 0.195. The molecule has 0 unspecified atom stereocenters. The third-order valence-electron chi connectivity index (χ3n) is 2.55. The predicted octanol–water partition coefficient (Wildman–Crippen LogP) is 2.89. The Labute approximate surface area is 109 Å². The second-order valence-corrected chi connectivity index (χ2v) is 3.85. The van der Waals surface area contributed by atoms with Crippen LogP contribution in [0.3, 0.4) is 0 Å². The number of nitriles is 2. The minimum Gasteiger partial charge on any atom is -0.397 e. The van der Waals surface area contributed by atoms with E-state index in [1.165, 1.54) is 18.2 Å². The van der Waals surface area contributed by atoms with Crippen molar-refractivity contribution in [2.75, 3.05) is 11.1 Å². The standard InChI is InChI=1S/C14H9FN4/c15-11-5-9(7-16)2-4-13(11)19-14-6-10(8-17)1-3-12(14)18/h1-6,19H,18H2. The van der Waals surface area contributed by atoms with Gasteiger partial charge in [-0.25, -0.2) is 4.39 Å². The first-order valence-corrected chi connectivity index (χ1v) is 5.40. The van der Waals surface area contributed by atoms with Gasteiger partial charge in [0.1, 0.15) is 5.82 Å². The van der Waals surface area contributed by atoms with Gasteiger partial charge in [-0.15, -0.1) is 0 Å². The summed E-state index contributed by atoms with van der Waals surface area (Å²) < 4.78 is 13.7. The van der Waals surface area contributed by atoms with Crippen LogP contribution in [0.15, 0.2) is 36.4 Å². The van der Waals surface area contributed by atoms with Crippen molar-refractivity contribution in [2.24, 2.45) is 0 Å². The van der Waals surface area contributed by atoms with Crippen molar-refractivity contribution in [2.45, 2.75) is 0 Å². The number of hydrogen-bond donors (Lipinski definition) is 2. The zero-order valence-electron chi connectivity index (χ0n) is 9.81. The maximum atomic E-state index is 13.7. The van der Waals surface area contributed by atoms with Crippen molar-refractivity contribution < 1.29 is 4.39 Å². The van der Waals surface area contributed by atoms with E-state index in [1.807, 2.05) is 12.1 Å². The van der Waals surface area contributed by atoms with E-state index in [-0.39, 0.29) is 11.3 Å². The zero-order valence-corrected chi connectivity index (χ0v) is 9.81. The van der Waals surface area contributed by atoms with E-state index < -0.39 is 5.82 Å². The smallest absolute Gasteiger partial charge is 0.147 e. The molecule has 0 spiro atoms. The van der Waals surface area contributed by atoms with Crippen molar-refractivity contribution in [1.82, 2.24) is 0 Å². The number of nitrogens with zero attached hydrogens (tertiary/aromatic N) is 2. The highest BCUT2D eigenvalue weighted by atomic mass is 19.1. The zero-order chi connectivity index (χ0) is 13.8. The van der Waals surface area contributed by atoms with Crippen LogP contribution in [0.4, 0.5) is 21.5 Å². The number of nitrogens with one attached hydrogen (secondary N) is 1. The van der Waals surface area contributed by atoms with Gasteiger partial charge in [-0.3, -0.25) is 0 Å². The highest BCUT2D eigenvalue weighted by Gasteiger charge is 2.06. The maximum absolute atomic E-state index is 13.7. The van der Waals surface area contributed by atoms with Crippen molar-refractivity contribution >= 4 is 17.1 Å². The second-order valence-electron chi connectivity index (χ2n) is 3.85. The van der Waals surface area contributed by atoms with Crippen LogP contribution in [-0.4, -0.2) is 0 Å². The first kappa shape index (κ1) is 12.4. The monoisotopic (exact) mass is 252 g/mol. The summed E-state index contributed by atoms with van der Waals surface area (Å²) in [7, 11) is 0. The van der Waals surface area contributed by atoms with Gasteiger partial charge >= 0.3 is 0 Å². The van der Waals surface area contributed by atoms with Gasteiger partial charge in [-0.05, 0) is 36.4 Å². The van der Waals surface area contributed by atoms with Gasteiger partial charge < -0.3 is 11.1 Å². The van der Waals surface area contributed by atoms with Crippen molar-refractivity contribution in [3.05, 3.63) is 53.3 Å². The van der Waals surface area contributed by atoms with Gasteiger partial charge in [0, 0.05) is 0 Å². The molecule has 0 saturated carbocycles. The molecule has 92 valence electrons. The summed E-state index contributed by atoms with van der Waals surface area (Å²) in [6.45, 7) is 0. The Kier molecular flexibility index (Phi) is 3.31. The average Bonchev–Trinajstić information content (AvgIpc) is 2.43. The Bertz CT molecular complexity index is 710. The lowest BCUT2D eigenvalue weighted by molar-refractivity contribution is 0.631. The number of rotatable bonds is 2. The molecule has 0 aliphatic carbocycles. The Morgan fingerprint density at radius 1 is 0.947 bits per heavy atom. The molecule has 0 radical (unpaired) electrons. The fourth-order valence-corrected chi connectivity index (χ4v) is 1.57. The van der Waals surface area contributed by atoms with E-state index in [1.54, 1.807) is 12.1 Å². The largest absolute Gasteiger partial charge is 0.397 e. The summed E-state index contributed by atoms with van der Waals surface area (Å²) in [6.07, 6.45) is 0. The molecule has 2 aromatic rings. The topological polar surface area (TPSA) is 85.6 Å². The molecular weight excluding hydrogens is 243 g/mol. The molecule has 0 heterocycles. The van der Waals surface area contributed by atoms with E-state index in [0.29, 0.717) is 16.9 Å². The number of halogens is 1. The van der Waals surface area contributed by atoms with Crippen LogP contribution < -0.4 is 11.1 Å². The lowest BCUT2D eigenvalue weighted by Crippen LogP contribution is -1.99. The molecule has 2 aromatic carbocycles. The van der Waals surface area contributed by atoms with E-state index in [4.69, 9.17) is 16.3 Å². The molecule has 0 saturated heterocycles. The molecule has 0 fully saturated rings. The molecule has 0 bridgehead atoms. The number of anilines is 3. The SMILES string of the molecule is N#Cc1ccc(Nc2cc(C#N)ccc2N)c(F)c1. The molecule has 2 rings (SSSR count). The normalized spacial score (nSPS) is 9.42. The van der Waals surface area contributed by atoms with Crippen LogP contribution in [0.1, 0.15) is 11.1 Å². The molecule has 5 heteroatoms. The van der Waals surface area contributed by atoms with Crippen molar-refractivity contribution in [3.8, 4) is 12.1 Å². The minimum atomic E-state index is -0.555. The van der Waals surface area contributed by atoms with Gasteiger partial charge in [-0.1, -0.05) is 0 Å². The summed E-state index contributed by atoms with van der Waals surface area (Å²) in [6, 6.07) is 12.6. The van der Waals surface area contributed by atoms with Gasteiger partial charge in [-0.2, -0.15) is 10.5 Å². The molecule has 0 atom stereocenters. The number of hydrogen-bond acceptors (Lipinski definition) is 4. The van der Waals surface area contributed by atoms with Crippen molar-refractivity contribution in [1.29, 1.82) is 10.5 Å². The molecule has 3 N–H and O–H groups in total. The van der Waals surface area contributed by atoms with E-state index >= 15 is 0 Å². The van der Waals surface area contributed by atoms with Crippen LogP contribution in [0.5, 0.6) is 0 Å². The molecular formula is C14H9FN4. The Morgan fingerprint density at radius 2 is 1.58 bits per heavy atom. The summed E-state index contributed by atoms with van der Waals surface area (Å²) >= 11 is 0. The summed E-state index contributed by atoms with van der Waals surface area (Å²) in [5.41, 5.74) is 7.46. The van der Waals surface area contributed by atoms with Crippen LogP contribution >= 0.6 is 0 Å². The average molecular weight is 252 g/mol. The fourth-order valence-electron chi connectivity index (χ4n) is 1.57. The molecule has 0 aliphatic heterocycles. The summed E-state index contributed by atoms with van der Waals surface area (Å²) in [5, 5.41) is 20.3. The lowest BCUT2D eigenvalue weighted by atomic mass is 10.1. The number of benzene rings is 2. The second kappa shape index (κ2) is 5.07. The highest BCUT2D eigenvalue weighted by molar-refractivity contribution is 5.74. The lowest BCUT2D eigenvalue weighted by Gasteiger charge is -2.10. The van der Waals surface area contributed by atoms with Gasteiger partial charge in [0.2, 0.25) is 0 Å². The van der Waals surface area contributed by atoms with Gasteiger partial charge in [0.05, 0.1) is 40.3 Å². The Hall–Kier alpha value is -3.05. The van der Waals surface area contributed by atoms with Crippen LogP contribution in [-0.2, 0) is 0 Å². The van der Waals surface area contributed by atoms with Crippen LogP contribution in [0.2, 0.25) is 0 Å². The van der Waals surface area contributed by atoms with Crippen molar-refractivity contribution in [3.63, 3.8) is 0 Å². The molecule has 19 heavy (non-hydrogen) atoms. The predicted molar refractivity (Wildman–Crippen MR) is 70.0 cm³/mol. The van der Waals surface area contributed by atoms with E-state index in [2.05, 4.69) is 5.32 Å². The fraction of sp³-hybridized carbons (Fsp3) is 0. The summed E-state index contributed by atoms with van der Waals surface area (Å²) in [5.74, 6) is -0.555. The maximum Gasteiger partial charge on any atom is 0.147 e. The first-order chi connectivity index (χ1) is 9.13. The molecule has 4 nitrogen and oxygen atoms in total. The van der Waals surface area contributed by atoms with E-state index in [0.717, 1.165) is 6.07 Å². The van der Waals surface area contributed by atoms with E-state index in [9.17, 15) is 4.39 Å². The summed E-state index contributed by atoms with van der Waals surface area (Å²) in [4.78, 5) is 0. The Balaban J connectivity index is 2.37. The molecule has 0 amide bonds. The molecule has 0 aliphatic rings. The quantitative estimate of drug-likeness (QED) is 0.804.